The molecule has 7 aromatic rings. The lowest BCUT2D eigenvalue weighted by atomic mass is 10.1. The maximum atomic E-state index is 12.2. The molecule has 2 heterocycles. The van der Waals surface area contributed by atoms with Gasteiger partial charge in [-0.25, -0.2) is 29.0 Å². The van der Waals surface area contributed by atoms with E-state index in [1.165, 1.54) is 11.0 Å². The van der Waals surface area contributed by atoms with E-state index in [9.17, 15) is 113 Å². The maximum absolute atomic E-state index is 12.2. The molecule has 0 radical (unpaired) electrons. The predicted molar refractivity (Wildman–Crippen MR) is 410 cm³/mol. The van der Waals surface area contributed by atoms with Crippen LogP contribution in [0.25, 0.3) is 5.69 Å². The number of nitrogens with two attached hydrogens (primary N) is 6. The molecule has 30 nitrogen and oxygen atoms in total. The van der Waals surface area contributed by atoms with Gasteiger partial charge in [0.05, 0.1) is 68.7 Å². The molecule has 0 saturated heterocycles. The molecular formula is C75H95F18N17O13. The van der Waals surface area contributed by atoms with E-state index in [-0.39, 0.29) is 57.5 Å². The highest BCUT2D eigenvalue weighted by Gasteiger charge is 2.38. The largest absolute Gasteiger partial charge is 0.480 e. The number of halogens is 18. The van der Waals surface area contributed by atoms with Gasteiger partial charge in [0.1, 0.15) is 49.9 Å². The highest BCUT2D eigenvalue weighted by atomic mass is 19.4. The smallest absolute Gasteiger partial charge is 0.408 e. The van der Waals surface area contributed by atoms with Crippen LogP contribution in [0.3, 0.4) is 0 Å². The van der Waals surface area contributed by atoms with Crippen LogP contribution in [0.1, 0.15) is 111 Å². The first kappa shape index (κ1) is 109. The molecule has 0 saturated carbocycles. The van der Waals surface area contributed by atoms with Gasteiger partial charge in [-0.05, 0) is 59.7 Å². The van der Waals surface area contributed by atoms with Crippen LogP contribution in [0.5, 0.6) is 0 Å². The molecule has 20 N–H and O–H groups in total. The Hall–Kier alpha value is -12.1. The molecule has 5 aromatic carbocycles. The second kappa shape index (κ2) is 55.8. The molecule has 123 heavy (non-hydrogen) atoms. The normalized spacial score (nSPS) is 12.9. The average Bonchev–Trinajstić information content (AvgIpc) is 1.58. The molecule has 0 bridgehead atoms. The van der Waals surface area contributed by atoms with Gasteiger partial charge in [0.25, 0.3) is 5.91 Å². The van der Waals surface area contributed by atoms with E-state index in [0.29, 0.717) is 36.0 Å². The summed E-state index contributed by atoms with van der Waals surface area (Å²) in [5, 5.41) is 39.0. The molecule has 5 amide bonds. The van der Waals surface area contributed by atoms with Crippen molar-refractivity contribution in [1.29, 1.82) is 0 Å². The average molecular weight is 1780 g/mol. The molecule has 0 aliphatic carbocycles. The van der Waals surface area contributed by atoms with E-state index in [2.05, 4.69) is 57.2 Å². The number of amides is 5. The molecule has 48 heteroatoms. The van der Waals surface area contributed by atoms with E-state index in [4.69, 9.17) is 53.1 Å². The van der Waals surface area contributed by atoms with Gasteiger partial charge in [-0.15, -0.1) is 0 Å². The highest BCUT2D eigenvalue weighted by Crippen LogP contribution is 2.28. The number of benzene rings is 5. The van der Waals surface area contributed by atoms with Crippen molar-refractivity contribution in [3.63, 3.8) is 0 Å². The number of carboxylic acid groups (broad SMARTS) is 2. The standard InChI is InChI=1S/C17H21N9O.C13H16F3NO2.2C12H15F3N2O2.C12H12F3NO4.C5H10F3N.C4H6F3NO2/c1-2-11(9-18)24-17-20-10-14(15(19)27)16(25-17)23-12-4-3-5-13(8-12)26-21-6-7-22-26;1-2-11(8-13(14,15)16)17-12(18)19-9-10-6-4-3-5-7-10;2*13-12(14,15)6-10(7-16)17-11(18)19-8-9-4-2-1-3-5-9;13-12(14,15)6-9(10(17)18)16-11(19)20-7-8-4-2-1-3-5-8;1-2-4(9)3-5(6,7)8;5-4(6,7)1-2(8)3(9)10/h3-8,10-11H,2,9,18H2,1H3,(H2,19,27)(H2,20,23,24,25);3-7,11H,2,8-9H2,1H3,(H,17,18);2*1-5,10H,6-8,16H2,(H,17,18);1-5,9H,6-7H2,(H,16,19)(H,17,18);4H,2-3,9H2,1H3;2H,1,8H2,(H,9,10)/t;11-;2*10-;9-;4-;2-/m.011101/s1. The lowest BCUT2D eigenvalue weighted by molar-refractivity contribution is -0.158. The topological polar surface area (TPSA) is 482 Å². The summed E-state index contributed by atoms with van der Waals surface area (Å²) >= 11 is 0. The first-order chi connectivity index (χ1) is 57.4. The summed E-state index contributed by atoms with van der Waals surface area (Å²) in [4.78, 5) is 87.4. The first-order valence-electron chi connectivity index (χ1n) is 36.4. The van der Waals surface area contributed by atoms with Gasteiger partial charge >= 0.3 is 73.4 Å². The number of ether oxygens (including phenoxy) is 4. The van der Waals surface area contributed by atoms with Crippen molar-refractivity contribution >= 4 is 59.7 Å². The molecule has 0 aliphatic rings. The van der Waals surface area contributed by atoms with Gasteiger partial charge in [0, 0.05) is 49.6 Å². The minimum absolute atomic E-state index is 0.00399. The number of aromatic nitrogens is 5. The number of alkyl carbamates (subject to hydrolysis) is 4. The van der Waals surface area contributed by atoms with Crippen LogP contribution in [0, 0.1) is 0 Å². The van der Waals surface area contributed by atoms with Crippen molar-refractivity contribution in [3.8, 4) is 5.69 Å². The summed E-state index contributed by atoms with van der Waals surface area (Å²) in [5.74, 6) is -3.38. The number of carbonyl (C=O) groups is 7. The minimum atomic E-state index is -4.70. The molecule has 2 aromatic heterocycles. The van der Waals surface area contributed by atoms with Crippen molar-refractivity contribution in [1.82, 2.24) is 46.2 Å². The van der Waals surface area contributed by atoms with Crippen molar-refractivity contribution in [2.45, 2.75) is 184 Å². The lowest BCUT2D eigenvalue weighted by Gasteiger charge is -2.18. The van der Waals surface area contributed by atoms with E-state index < -0.39 is 154 Å². The van der Waals surface area contributed by atoms with Crippen molar-refractivity contribution in [2.24, 2.45) is 34.4 Å². The first-order valence-corrected chi connectivity index (χ1v) is 36.4. The number of rotatable bonds is 32. The second-order valence-corrected chi connectivity index (χ2v) is 25.5. The lowest BCUT2D eigenvalue weighted by Crippen LogP contribution is -2.43. The fourth-order valence-electron chi connectivity index (χ4n) is 8.86. The highest BCUT2D eigenvalue weighted by molar-refractivity contribution is 5.98. The third-order valence-electron chi connectivity index (χ3n) is 15.0. The van der Waals surface area contributed by atoms with Gasteiger partial charge in [-0.3, -0.25) is 9.59 Å². The van der Waals surface area contributed by atoms with Crippen LogP contribution in [0.2, 0.25) is 0 Å². The van der Waals surface area contributed by atoms with E-state index >= 15 is 0 Å². The monoisotopic (exact) mass is 1780 g/mol. The number of hydrogen-bond acceptors (Lipinski definition) is 22. The summed E-state index contributed by atoms with van der Waals surface area (Å²) < 4.78 is 233. The molecule has 1 unspecified atom stereocenters. The zero-order valence-electron chi connectivity index (χ0n) is 65.8. The van der Waals surface area contributed by atoms with Gasteiger partial charge in [-0.1, -0.05) is 148 Å². The zero-order valence-corrected chi connectivity index (χ0v) is 65.8. The van der Waals surface area contributed by atoms with Gasteiger partial charge in [0.15, 0.2) is 0 Å². The number of anilines is 3. The van der Waals surface area contributed by atoms with Gasteiger partial charge < -0.3 is 95.5 Å². The van der Waals surface area contributed by atoms with E-state index in [1.807, 2.05) is 37.3 Å². The number of nitrogens with zero attached hydrogens (tertiary/aromatic N) is 5. The Balaban J connectivity index is 0.000000734. The summed E-state index contributed by atoms with van der Waals surface area (Å²) in [6.45, 7) is 4.92. The van der Waals surface area contributed by atoms with Crippen molar-refractivity contribution < 1.29 is 142 Å². The number of alkyl halides is 18. The van der Waals surface area contributed by atoms with Crippen LogP contribution in [-0.2, 0) is 55.0 Å². The van der Waals surface area contributed by atoms with Crippen molar-refractivity contribution in [3.05, 3.63) is 192 Å². The molecule has 7 atom stereocenters. The molecular weight excluding hydrogens is 1690 g/mol. The number of primary amides is 1. The summed E-state index contributed by atoms with van der Waals surface area (Å²) in [5.41, 5.74) is 35.7. The maximum Gasteiger partial charge on any atom is 0.408 e. The SMILES string of the molecule is CCC(CN)Nc1ncc(C(N)=O)c(Nc2cccc(-n3nccn3)c2)n1.CC[C@@H](CC(F)(F)F)NC(=O)OCc1ccccc1.CC[C@H](N)CC(F)(F)F.NC[C@@H](CC(F)(F)F)NC(=O)OCc1ccccc1.NC[C@@H](CC(F)(F)F)NC(=O)OCc1ccccc1.N[C@H](CC(F)(F)F)C(=O)O.O=C(N[C@H](CC(F)(F)F)C(=O)O)OCc1ccccc1. The third kappa shape index (κ3) is 55.5. The number of hydrogen-bond donors (Lipinski definition) is 14. The van der Waals surface area contributed by atoms with Crippen LogP contribution >= 0.6 is 0 Å². The third-order valence-corrected chi connectivity index (χ3v) is 15.0. The Morgan fingerprint density at radius 3 is 1.08 bits per heavy atom. The van der Waals surface area contributed by atoms with Gasteiger partial charge in [-0.2, -0.15) is 99.0 Å². The zero-order chi connectivity index (χ0) is 93.2. The quantitative estimate of drug-likeness (QED) is 0.0138. The Morgan fingerprint density at radius 1 is 0.431 bits per heavy atom. The molecule has 0 spiro atoms. The fraction of sp³-hybridized carbons (Fsp3) is 0.427. The van der Waals surface area contributed by atoms with Gasteiger partial charge in [0.2, 0.25) is 5.95 Å². The molecule has 0 fully saturated rings. The minimum Gasteiger partial charge on any atom is -0.480 e. The Labute approximate surface area is 692 Å². The number of nitrogens with one attached hydrogen (secondary N) is 6. The molecule has 0 aliphatic heterocycles. The van der Waals surface area contributed by atoms with E-state index in [0.717, 1.165) is 28.8 Å². The fourth-order valence-corrected chi connectivity index (χ4v) is 8.86. The number of carboxylic acids is 2. The Kier molecular flexibility index (Phi) is 49.4. The number of aliphatic carboxylic acids is 2. The Bertz CT molecular complexity index is 3970. The van der Waals surface area contributed by atoms with E-state index in [1.54, 1.807) is 147 Å². The second-order valence-electron chi connectivity index (χ2n) is 25.5. The van der Waals surface area contributed by atoms with Crippen LogP contribution in [0.4, 0.5) is 116 Å². The van der Waals surface area contributed by atoms with Crippen LogP contribution < -0.4 is 66.3 Å². The summed E-state index contributed by atoms with van der Waals surface area (Å²) in [7, 11) is 0. The molecule has 7 rings (SSSR count). The summed E-state index contributed by atoms with van der Waals surface area (Å²) in [6, 6.07) is 34.4. The van der Waals surface area contributed by atoms with Crippen LogP contribution in [0.15, 0.2) is 164 Å². The Morgan fingerprint density at radius 2 is 0.780 bits per heavy atom. The number of carbonyl (C=O) groups excluding carboxylic acids is 5. The molecule has 684 valence electrons. The van der Waals surface area contributed by atoms with Crippen LogP contribution in [-0.4, -0.2) is 176 Å². The predicted octanol–water partition coefficient (Wildman–Crippen LogP) is 13.4. The van der Waals surface area contributed by atoms with Crippen molar-refractivity contribution in [2.75, 3.05) is 30.3 Å². The summed E-state index contributed by atoms with van der Waals surface area (Å²) in [6.07, 6.45) is -31.7.